The summed E-state index contributed by atoms with van der Waals surface area (Å²) in [4.78, 5) is 8.02. The Hall–Kier alpha value is -0.700. The molecule has 16 heavy (non-hydrogen) atoms. The van der Waals surface area contributed by atoms with E-state index in [9.17, 15) is 0 Å². The fourth-order valence-electron chi connectivity index (χ4n) is 2.26. The average Bonchev–Trinajstić information content (AvgIpc) is 2.15. The topological polar surface area (TPSA) is 28.7 Å². The zero-order valence-electron chi connectivity index (χ0n) is 10.4. The minimum absolute atomic E-state index is 0.258. The van der Waals surface area contributed by atoms with Crippen LogP contribution in [0.5, 0.6) is 0 Å². The van der Waals surface area contributed by atoms with Gasteiger partial charge in [-0.1, -0.05) is 33.0 Å². The fraction of sp³-hybridized carbons (Fsp3) is 0.692. The van der Waals surface area contributed by atoms with Crippen molar-refractivity contribution in [2.75, 3.05) is 0 Å². The van der Waals surface area contributed by atoms with E-state index in [2.05, 4.69) is 30.7 Å². The standard InChI is InChI=1S/C13H20N2S/c1-13(2,3)8-11-14-10-7-5-4-6-9(10)12(16)15-11/h4-8H2,1-3H3,(H,14,15,16). The fourth-order valence-corrected chi connectivity index (χ4v) is 2.59. The van der Waals surface area contributed by atoms with Gasteiger partial charge in [0.1, 0.15) is 10.5 Å². The van der Waals surface area contributed by atoms with E-state index in [-0.39, 0.29) is 5.41 Å². The van der Waals surface area contributed by atoms with Crippen LogP contribution < -0.4 is 0 Å². The van der Waals surface area contributed by atoms with E-state index in [0.717, 1.165) is 29.7 Å². The molecule has 1 aromatic rings. The van der Waals surface area contributed by atoms with Gasteiger partial charge in [-0.05, 0) is 31.1 Å². The molecule has 0 fully saturated rings. The summed E-state index contributed by atoms with van der Waals surface area (Å²) in [5.74, 6) is 1.05. The first-order chi connectivity index (χ1) is 7.46. The normalized spacial score (nSPS) is 15.9. The molecule has 1 aliphatic rings. The zero-order chi connectivity index (χ0) is 11.8. The number of nitrogens with one attached hydrogen (secondary N) is 1. The lowest BCUT2D eigenvalue weighted by Gasteiger charge is -2.20. The maximum absolute atomic E-state index is 5.38. The molecule has 0 unspecified atom stereocenters. The lowest BCUT2D eigenvalue weighted by Crippen LogP contribution is -2.16. The van der Waals surface area contributed by atoms with Crippen molar-refractivity contribution in [3.63, 3.8) is 0 Å². The predicted octanol–water partition coefficient (Wildman–Crippen LogP) is 3.61. The van der Waals surface area contributed by atoms with E-state index < -0.39 is 0 Å². The molecule has 0 spiro atoms. The van der Waals surface area contributed by atoms with Gasteiger partial charge in [-0.15, -0.1) is 0 Å². The second-order valence-electron chi connectivity index (χ2n) is 5.89. The van der Waals surface area contributed by atoms with Crippen LogP contribution in [0.25, 0.3) is 0 Å². The lowest BCUT2D eigenvalue weighted by atomic mass is 9.91. The lowest BCUT2D eigenvalue weighted by molar-refractivity contribution is 0.399. The Bertz CT molecular complexity index is 440. The highest BCUT2D eigenvalue weighted by Crippen LogP contribution is 2.23. The molecule has 2 nitrogen and oxygen atoms in total. The number of hydrogen-bond acceptors (Lipinski definition) is 2. The zero-order valence-corrected chi connectivity index (χ0v) is 11.2. The van der Waals surface area contributed by atoms with Crippen LogP contribution >= 0.6 is 12.2 Å². The maximum Gasteiger partial charge on any atom is 0.133 e. The van der Waals surface area contributed by atoms with Crippen LogP contribution in [-0.4, -0.2) is 9.97 Å². The molecule has 0 aromatic carbocycles. The van der Waals surface area contributed by atoms with Crippen molar-refractivity contribution in [3.8, 4) is 0 Å². The molecule has 2 rings (SSSR count). The Labute approximate surface area is 103 Å². The summed E-state index contributed by atoms with van der Waals surface area (Å²) in [6.45, 7) is 6.68. The molecule has 0 saturated heterocycles. The number of aryl methyl sites for hydroxylation is 1. The summed E-state index contributed by atoms with van der Waals surface area (Å²) in [5.41, 5.74) is 2.89. The van der Waals surface area contributed by atoms with E-state index in [1.807, 2.05) is 0 Å². The number of H-pyrrole nitrogens is 1. The smallest absolute Gasteiger partial charge is 0.133 e. The van der Waals surface area contributed by atoms with Crippen LogP contribution in [0.15, 0.2) is 0 Å². The van der Waals surface area contributed by atoms with Crippen molar-refractivity contribution >= 4 is 12.2 Å². The Morgan fingerprint density at radius 3 is 2.62 bits per heavy atom. The SMILES string of the molecule is CC(C)(C)Cc1nc(=S)c2c([nH]1)CCCC2. The highest BCUT2D eigenvalue weighted by Gasteiger charge is 2.17. The van der Waals surface area contributed by atoms with E-state index in [1.54, 1.807) is 0 Å². The number of hydrogen-bond donors (Lipinski definition) is 1. The Kier molecular flexibility index (Phi) is 3.15. The van der Waals surface area contributed by atoms with Crippen molar-refractivity contribution in [2.45, 2.75) is 52.9 Å². The van der Waals surface area contributed by atoms with Gasteiger partial charge >= 0.3 is 0 Å². The number of fused-ring (bicyclic) bond motifs is 1. The van der Waals surface area contributed by atoms with Crippen molar-refractivity contribution in [2.24, 2.45) is 5.41 Å². The Morgan fingerprint density at radius 1 is 1.25 bits per heavy atom. The van der Waals surface area contributed by atoms with Crippen LogP contribution in [0.1, 0.15) is 50.7 Å². The van der Waals surface area contributed by atoms with Gasteiger partial charge < -0.3 is 4.98 Å². The number of nitrogens with zero attached hydrogens (tertiary/aromatic N) is 1. The largest absolute Gasteiger partial charge is 0.347 e. The number of aromatic amines is 1. The first-order valence-corrected chi connectivity index (χ1v) is 6.47. The average molecular weight is 236 g/mol. The first-order valence-electron chi connectivity index (χ1n) is 6.07. The molecule has 1 N–H and O–H groups in total. The molecule has 0 atom stereocenters. The molecule has 1 aliphatic carbocycles. The van der Waals surface area contributed by atoms with Gasteiger partial charge in [0, 0.05) is 17.7 Å². The van der Waals surface area contributed by atoms with E-state index in [4.69, 9.17) is 12.2 Å². The van der Waals surface area contributed by atoms with E-state index in [0.29, 0.717) is 0 Å². The Morgan fingerprint density at radius 2 is 1.94 bits per heavy atom. The molecule has 0 bridgehead atoms. The molecule has 0 radical (unpaired) electrons. The van der Waals surface area contributed by atoms with Gasteiger partial charge in [0.05, 0.1) is 0 Å². The summed E-state index contributed by atoms with van der Waals surface area (Å²) in [5, 5.41) is 0. The van der Waals surface area contributed by atoms with Crippen LogP contribution in [-0.2, 0) is 19.3 Å². The minimum atomic E-state index is 0.258. The number of rotatable bonds is 1. The molecule has 0 aliphatic heterocycles. The summed E-state index contributed by atoms with van der Waals surface area (Å²) in [6, 6.07) is 0. The van der Waals surface area contributed by atoms with E-state index >= 15 is 0 Å². The van der Waals surface area contributed by atoms with Crippen LogP contribution in [0.2, 0.25) is 0 Å². The minimum Gasteiger partial charge on any atom is -0.347 e. The Balaban J connectivity index is 2.36. The van der Waals surface area contributed by atoms with Crippen LogP contribution in [0.4, 0.5) is 0 Å². The molecule has 88 valence electrons. The van der Waals surface area contributed by atoms with Gasteiger partial charge in [-0.25, -0.2) is 4.98 Å². The second kappa shape index (κ2) is 4.28. The predicted molar refractivity (Wildman–Crippen MR) is 69.2 cm³/mol. The molecule has 0 amide bonds. The molecule has 1 aromatic heterocycles. The summed E-state index contributed by atoms with van der Waals surface area (Å²) < 4.78 is 0.827. The third kappa shape index (κ3) is 2.70. The van der Waals surface area contributed by atoms with Crippen molar-refractivity contribution in [1.29, 1.82) is 0 Å². The molecular formula is C13H20N2S. The van der Waals surface area contributed by atoms with Crippen molar-refractivity contribution < 1.29 is 0 Å². The third-order valence-corrected chi connectivity index (χ3v) is 3.29. The number of aromatic nitrogens is 2. The molecular weight excluding hydrogens is 216 g/mol. The first kappa shape index (κ1) is 11.8. The summed E-state index contributed by atoms with van der Waals surface area (Å²) >= 11 is 5.38. The van der Waals surface area contributed by atoms with Crippen LogP contribution in [0, 0.1) is 10.1 Å². The van der Waals surface area contributed by atoms with Crippen LogP contribution in [0.3, 0.4) is 0 Å². The summed E-state index contributed by atoms with van der Waals surface area (Å²) in [7, 11) is 0. The quantitative estimate of drug-likeness (QED) is 0.755. The maximum atomic E-state index is 5.38. The van der Waals surface area contributed by atoms with Gasteiger partial charge in [-0.2, -0.15) is 0 Å². The van der Waals surface area contributed by atoms with Crippen molar-refractivity contribution in [1.82, 2.24) is 9.97 Å². The monoisotopic (exact) mass is 236 g/mol. The van der Waals surface area contributed by atoms with Gasteiger partial charge in [0.2, 0.25) is 0 Å². The molecule has 1 heterocycles. The van der Waals surface area contributed by atoms with Gasteiger partial charge in [0.15, 0.2) is 0 Å². The van der Waals surface area contributed by atoms with Gasteiger partial charge in [0.25, 0.3) is 0 Å². The third-order valence-electron chi connectivity index (χ3n) is 2.96. The highest BCUT2D eigenvalue weighted by molar-refractivity contribution is 7.71. The molecule has 3 heteroatoms. The van der Waals surface area contributed by atoms with Gasteiger partial charge in [-0.3, -0.25) is 0 Å². The second-order valence-corrected chi connectivity index (χ2v) is 6.28. The van der Waals surface area contributed by atoms with Crippen molar-refractivity contribution in [3.05, 3.63) is 21.7 Å². The molecule has 0 saturated carbocycles. The summed E-state index contributed by atoms with van der Waals surface area (Å²) in [6.07, 6.45) is 5.73. The highest BCUT2D eigenvalue weighted by atomic mass is 32.1. The van der Waals surface area contributed by atoms with E-state index in [1.165, 1.54) is 24.1 Å².